The predicted molar refractivity (Wildman–Crippen MR) is 154 cm³/mol. The first-order valence-electron chi connectivity index (χ1n) is 14.8. The molecule has 0 saturated carbocycles. The number of aryl methyl sites for hydroxylation is 1. The van der Waals surface area contributed by atoms with E-state index in [1.54, 1.807) is 43.3 Å². The lowest BCUT2D eigenvalue weighted by molar-refractivity contribution is -0.204. The van der Waals surface area contributed by atoms with Gasteiger partial charge in [0.05, 0.1) is 19.8 Å². The monoisotopic (exact) mass is 572 g/mol. The van der Waals surface area contributed by atoms with Crippen molar-refractivity contribution in [1.82, 2.24) is 0 Å². The number of ether oxygens (including phenoxy) is 3. The van der Waals surface area contributed by atoms with Crippen molar-refractivity contribution in [3.63, 3.8) is 0 Å². The molecule has 1 aliphatic heterocycles. The summed E-state index contributed by atoms with van der Waals surface area (Å²) in [6.45, 7) is 5.24. The van der Waals surface area contributed by atoms with Crippen LogP contribution in [0.25, 0.3) is 22.3 Å². The van der Waals surface area contributed by atoms with E-state index in [1.807, 2.05) is 0 Å². The Morgan fingerprint density at radius 3 is 1.88 bits per heavy atom. The van der Waals surface area contributed by atoms with E-state index in [1.165, 1.54) is 44.2 Å². The SMILES string of the molecule is CCCCCCCCC1OCC(CCc2ccc(-c3ccc(-c4ccc(OCC)c(F)c4F)cc3)c(F)c2F)CO1. The van der Waals surface area contributed by atoms with E-state index >= 15 is 8.78 Å². The molecule has 3 nitrogen and oxygen atoms in total. The maximum Gasteiger partial charge on any atom is 0.201 e. The molecule has 0 unspecified atom stereocenters. The summed E-state index contributed by atoms with van der Waals surface area (Å²) in [7, 11) is 0. The number of hydrogen-bond donors (Lipinski definition) is 0. The highest BCUT2D eigenvalue weighted by Gasteiger charge is 2.23. The van der Waals surface area contributed by atoms with Gasteiger partial charge in [0.15, 0.2) is 29.5 Å². The number of unbranched alkanes of at least 4 members (excludes halogenated alkanes) is 5. The second-order valence-electron chi connectivity index (χ2n) is 10.7. The van der Waals surface area contributed by atoms with E-state index in [2.05, 4.69) is 6.92 Å². The van der Waals surface area contributed by atoms with Crippen LogP contribution < -0.4 is 4.74 Å². The molecule has 4 rings (SSSR count). The number of rotatable bonds is 14. The lowest BCUT2D eigenvalue weighted by Crippen LogP contribution is -2.32. The highest BCUT2D eigenvalue weighted by Crippen LogP contribution is 2.33. The van der Waals surface area contributed by atoms with Crippen LogP contribution in [-0.4, -0.2) is 26.1 Å². The molecule has 3 aromatic carbocycles. The maximum absolute atomic E-state index is 15.1. The van der Waals surface area contributed by atoms with Crippen molar-refractivity contribution in [3.05, 3.63) is 77.4 Å². The van der Waals surface area contributed by atoms with Crippen molar-refractivity contribution in [2.45, 2.75) is 77.9 Å². The average molecular weight is 573 g/mol. The molecule has 0 aromatic heterocycles. The van der Waals surface area contributed by atoms with Gasteiger partial charge < -0.3 is 14.2 Å². The van der Waals surface area contributed by atoms with Crippen molar-refractivity contribution < 1.29 is 31.8 Å². The fraction of sp³-hybridized carbons (Fsp3) is 0.471. The van der Waals surface area contributed by atoms with Gasteiger partial charge in [0.1, 0.15) is 0 Å². The highest BCUT2D eigenvalue weighted by molar-refractivity contribution is 5.71. The summed E-state index contributed by atoms with van der Waals surface area (Å²) in [5.41, 5.74) is 1.33. The van der Waals surface area contributed by atoms with E-state index in [0.717, 1.165) is 12.8 Å². The molecule has 0 spiro atoms. The van der Waals surface area contributed by atoms with Crippen molar-refractivity contribution >= 4 is 0 Å². The van der Waals surface area contributed by atoms with Crippen LogP contribution in [0.1, 0.15) is 70.8 Å². The summed E-state index contributed by atoms with van der Waals surface area (Å²) in [6.07, 6.45) is 9.09. The van der Waals surface area contributed by atoms with Crippen LogP contribution >= 0.6 is 0 Å². The standard InChI is InChI=1S/C34H40F4O3/c1-3-5-6-7-8-9-10-30-40-21-23(22-41-30)11-12-26-17-18-27(32(36)31(26)35)24-13-15-25(16-14-24)28-19-20-29(39-4-2)34(38)33(28)37/h13-20,23,30H,3-12,21-22H2,1-2H3. The Balaban J connectivity index is 1.31. The lowest BCUT2D eigenvalue weighted by atomic mass is 9.95. The molecule has 0 aliphatic carbocycles. The van der Waals surface area contributed by atoms with Gasteiger partial charge in [-0.3, -0.25) is 0 Å². The Bertz CT molecular complexity index is 1250. The molecule has 0 atom stereocenters. The minimum absolute atomic E-state index is 0.0592. The normalized spacial score (nSPS) is 17.1. The van der Waals surface area contributed by atoms with Crippen molar-refractivity contribution in [3.8, 4) is 28.0 Å². The van der Waals surface area contributed by atoms with Gasteiger partial charge in [-0.2, -0.15) is 4.39 Å². The summed E-state index contributed by atoms with van der Waals surface area (Å²) in [5.74, 6) is -3.89. The molecule has 1 fully saturated rings. The minimum Gasteiger partial charge on any atom is -0.491 e. The van der Waals surface area contributed by atoms with E-state index in [9.17, 15) is 8.78 Å². The van der Waals surface area contributed by atoms with Gasteiger partial charge in [-0.05, 0) is 61.4 Å². The van der Waals surface area contributed by atoms with Crippen molar-refractivity contribution in [2.24, 2.45) is 5.92 Å². The Hall–Kier alpha value is -2.90. The highest BCUT2D eigenvalue weighted by atomic mass is 19.2. The van der Waals surface area contributed by atoms with E-state index in [0.29, 0.717) is 42.7 Å². The Morgan fingerprint density at radius 2 is 1.24 bits per heavy atom. The van der Waals surface area contributed by atoms with E-state index in [4.69, 9.17) is 14.2 Å². The molecule has 1 heterocycles. The van der Waals surface area contributed by atoms with Gasteiger partial charge >= 0.3 is 0 Å². The molecular formula is C34H40F4O3. The summed E-state index contributed by atoms with van der Waals surface area (Å²) >= 11 is 0. The van der Waals surface area contributed by atoms with E-state index < -0.39 is 23.3 Å². The summed E-state index contributed by atoms with van der Waals surface area (Å²) in [5, 5.41) is 0. The van der Waals surface area contributed by atoms with Gasteiger partial charge in [-0.25, -0.2) is 13.2 Å². The zero-order valence-corrected chi connectivity index (χ0v) is 24.0. The Morgan fingerprint density at radius 1 is 0.659 bits per heavy atom. The number of halogens is 4. The van der Waals surface area contributed by atoms with Gasteiger partial charge in [0.2, 0.25) is 5.82 Å². The fourth-order valence-corrected chi connectivity index (χ4v) is 5.22. The van der Waals surface area contributed by atoms with Crippen LogP contribution in [0.5, 0.6) is 5.75 Å². The topological polar surface area (TPSA) is 27.7 Å². The molecule has 0 amide bonds. The minimum atomic E-state index is -1.06. The second kappa shape index (κ2) is 15.4. The Labute approximate surface area is 240 Å². The predicted octanol–water partition coefficient (Wildman–Crippen LogP) is 9.65. The molecule has 3 aromatic rings. The molecule has 41 heavy (non-hydrogen) atoms. The van der Waals surface area contributed by atoms with Crippen LogP contribution in [0.4, 0.5) is 17.6 Å². The molecule has 1 aliphatic rings. The van der Waals surface area contributed by atoms with Crippen LogP contribution in [-0.2, 0) is 15.9 Å². The Kier molecular flexibility index (Phi) is 11.6. The van der Waals surface area contributed by atoms with Gasteiger partial charge in [0.25, 0.3) is 0 Å². The molecule has 0 bridgehead atoms. The summed E-state index contributed by atoms with van der Waals surface area (Å²) in [6, 6.07) is 12.2. The first kappa shape index (κ1) is 31.0. The number of hydrogen-bond acceptors (Lipinski definition) is 3. The van der Waals surface area contributed by atoms with Gasteiger partial charge in [0, 0.05) is 17.0 Å². The third-order valence-electron chi connectivity index (χ3n) is 7.67. The van der Waals surface area contributed by atoms with Gasteiger partial charge in [-0.1, -0.05) is 75.4 Å². The zero-order valence-electron chi connectivity index (χ0n) is 24.0. The molecular weight excluding hydrogens is 532 g/mol. The molecule has 0 N–H and O–H groups in total. The lowest BCUT2D eigenvalue weighted by Gasteiger charge is -2.29. The van der Waals surface area contributed by atoms with Crippen LogP contribution in [0.15, 0.2) is 48.5 Å². The summed E-state index contributed by atoms with van der Waals surface area (Å²) < 4.78 is 75.8. The fourth-order valence-electron chi connectivity index (χ4n) is 5.22. The van der Waals surface area contributed by atoms with Crippen LogP contribution in [0.3, 0.4) is 0 Å². The first-order valence-corrected chi connectivity index (χ1v) is 14.8. The number of benzene rings is 3. The maximum atomic E-state index is 15.1. The van der Waals surface area contributed by atoms with Crippen molar-refractivity contribution in [1.29, 1.82) is 0 Å². The third kappa shape index (κ3) is 8.10. The van der Waals surface area contributed by atoms with Crippen LogP contribution in [0, 0.1) is 29.2 Å². The zero-order chi connectivity index (χ0) is 29.2. The van der Waals surface area contributed by atoms with E-state index in [-0.39, 0.29) is 35.7 Å². The molecule has 1 saturated heterocycles. The van der Waals surface area contributed by atoms with Crippen LogP contribution in [0.2, 0.25) is 0 Å². The molecule has 7 heteroatoms. The first-order chi connectivity index (χ1) is 19.9. The average Bonchev–Trinajstić information content (AvgIpc) is 2.99. The molecule has 222 valence electrons. The summed E-state index contributed by atoms with van der Waals surface area (Å²) in [4.78, 5) is 0. The van der Waals surface area contributed by atoms with Gasteiger partial charge in [-0.15, -0.1) is 0 Å². The van der Waals surface area contributed by atoms with Crippen molar-refractivity contribution in [2.75, 3.05) is 19.8 Å². The molecule has 0 radical (unpaired) electrons. The quantitative estimate of drug-likeness (QED) is 0.142. The smallest absolute Gasteiger partial charge is 0.201 e. The second-order valence-corrected chi connectivity index (χ2v) is 10.7. The largest absolute Gasteiger partial charge is 0.491 e. The third-order valence-corrected chi connectivity index (χ3v) is 7.67.